The zero-order chi connectivity index (χ0) is 10.9. The molecule has 0 spiro atoms. The number of aryl methyl sites for hydroxylation is 1. The highest BCUT2D eigenvalue weighted by molar-refractivity contribution is 5.16. The minimum absolute atomic E-state index is 0.281. The van der Waals surface area contributed by atoms with E-state index in [0.29, 0.717) is 0 Å². The summed E-state index contributed by atoms with van der Waals surface area (Å²) < 4.78 is 0. The van der Waals surface area contributed by atoms with E-state index in [4.69, 9.17) is 0 Å². The molecule has 1 aromatic heterocycles. The number of nitrogens with zero attached hydrogens (tertiary/aromatic N) is 1. The summed E-state index contributed by atoms with van der Waals surface area (Å²) in [5.41, 5.74) is 2.80. The van der Waals surface area contributed by atoms with Gasteiger partial charge in [0, 0.05) is 24.5 Å². The minimum Gasteiger partial charge on any atom is -0.307 e. The molecule has 1 heterocycles. The lowest BCUT2D eigenvalue weighted by atomic mass is 9.98. The summed E-state index contributed by atoms with van der Waals surface area (Å²) in [6.07, 6.45) is 6.61. The van der Waals surface area contributed by atoms with Crippen LogP contribution in [0, 0.1) is 12.8 Å². The van der Waals surface area contributed by atoms with Gasteiger partial charge in [-0.1, -0.05) is 6.07 Å². The molecule has 0 amide bonds. The van der Waals surface area contributed by atoms with Gasteiger partial charge < -0.3 is 5.32 Å². The topological polar surface area (TPSA) is 24.9 Å². The van der Waals surface area contributed by atoms with Crippen LogP contribution in [0.1, 0.15) is 37.8 Å². The first-order chi connectivity index (χ1) is 7.08. The first-order valence-electron chi connectivity index (χ1n) is 5.73. The molecule has 1 aliphatic carbocycles. The second kappa shape index (κ2) is 3.93. The summed E-state index contributed by atoms with van der Waals surface area (Å²) in [5, 5.41) is 3.62. The highest BCUT2D eigenvalue weighted by Gasteiger charge is 2.36. The second-order valence-electron chi connectivity index (χ2n) is 5.22. The van der Waals surface area contributed by atoms with Crippen LogP contribution in [0.5, 0.6) is 0 Å². The van der Waals surface area contributed by atoms with Crippen LogP contribution in [-0.4, -0.2) is 10.5 Å². The van der Waals surface area contributed by atoms with E-state index in [9.17, 15) is 0 Å². The molecule has 0 aromatic carbocycles. The van der Waals surface area contributed by atoms with Crippen molar-refractivity contribution in [1.82, 2.24) is 10.3 Å². The van der Waals surface area contributed by atoms with Gasteiger partial charge in [0.15, 0.2) is 0 Å². The molecule has 0 radical (unpaired) electrons. The molecule has 1 fully saturated rings. The summed E-state index contributed by atoms with van der Waals surface area (Å²) in [7, 11) is 0. The average Bonchev–Trinajstić information content (AvgIpc) is 2.98. The number of hydrogen-bond donors (Lipinski definition) is 1. The van der Waals surface area contributed by atoms with Crippen LogP contribution < -0.4 is 5.32 Å². The van der Waals surface area contributed by atoms with E-state index < -0.39 is 0 Å². The summed E-state index contributed by atoms with van der Waals surface area (Å²) in [6, 6.07) is 2.20. The van der Waals surface area contributed by atoms with Gasteiger partial charge in [0.2, 0.25) is 0 Å². The molecule has 2 rings (SSSR count). The van der Waals surface area contributed by atoms with E-state index in [1.807, 2.05) is 12.4 Å². The predicted molar refractivity (Wildman–Crippen MR) is 62.6 cm³/mol. The Morgan fingerprint density at radius 2 is 2.13 bits per heavy atom. The Hall–Kier alpha value is -0.890. The third-order valence-corrected chi connectivity index (χ3v) is 3.28. The summed E-state index contributed by atoms with van der Waals surface area (Å²) >= 11 is 0. The first kappa shape index (κ1) is 10.6. The molecule has 82 valence electrons. The second-order valence-corrected chi connectivity index (χ2v) is 5.22. The van der Waals surface area contributed by atoms with E-state index in [1.54, 1.807) is 0 Å². The molecular weight excluding hydrogens is 184 g/mol. The van der Waals surface area contributed by atoms with Crippen LogP contribution >= 0.6 is 0 Å². The molecule has 0 bridgehead atoms. The molecule has 1 N–H and O–H groups in total. The Bertz CT molecular complexity index is 340. The van der Waals surface area contributed by atoms with Crippen LogP contribution in [0.15, 0.2) is 18.5 Å². The van der Waals surface area contributed by atoms with Gasteiger partial charge >= 0.3 is 0 Å². The third kappa shape index (κ3) is 2.78. The van der Waals surface area contributed by atoms with E-state index in [0.717, 1.165) is 12.5 Å². The summed E-state index contributed by atoms with van der Waals surface area (Å²) in [6.45, 7) is 7.61. The van der Waals surface area contributed by atoms with Gasteiger partial charge in [-0.25, -0.2) is 0 Å². The van der Waals surface area contributed by atoms with Crippen LogP contribution in [-0.2, 0) is 6.54 Å². The molecule has 0 unspecified atom stereocenters. The smallest absolute Gasteiger partial charge is 0.0313 e. The Balaban J connectivity index is 1.92. The molecule has 1 saturated carbocycles. The number of rotatable bonds is 4. The molecule has 0 atom stereocenters. The lowest BCUT2D eigenvalue weighted by Gasteiger charge is -2.26. The van der Waals surface area contributed by atoms with Gasteiger partial charge in [0.1, 0.15) is 0 Å². The van der Waals surface area contributed by atoms with Crippen molar-refractivity contribution >= 4 is 0 Å². The van der Waals surface area contributed by atoms with Gasteiger partial charge in [-0.3, -0.25) is 4.98 Å². The van der Waals surface area contributed by atoms with Gasteiger partial charge in [-0.15, -0.1) is 0 Å². The van der Waals surface area contributed by atoms with E-state index in [2.05, 4.69) is 37.1 Å². The maximum absolute atomic E-state index is 4.21. The lowest BCUT2D eigenvalue weighted by molar-refractivity contribution is 0.339. The van der Waals surface area contributed by atoms with Crippen molar-refractivity contribution in [3.8, 4) is 0 Å². The molecule has 1 aliphatic rings. The quantitative estimate of drug-likeness (QED) is 0.815. The largest absolute Gasteiger partial charge is 0.307 e. The monoisotopic (exact) mass is 204 g/mol. The average molecular weight is 204 g/mol. The number of hydrogen-bond acceptors (Lipinski definition) is 2. The molecule has 0 saturated heterocycles. The highest BCUT2D eigenvalue weighted by atomic mass is 15.0. The van der Waals surface area contributed by atoms with Crippen molar-refractivity contribution in [2.45, 2.75) is 45.7 Å². The van der Waals surface area contributed by atoms with E-state index in [-0.39, 0.29) is 5.54 Å². The zero-order valence-electron chi connectivity index (χ0n) is 9.88. The van der Waals surface area contributed by atoms with Gasteiger partial charge in [-0.05, 0) is 50.7 Å². The highest BCUT2D eigenvalue weighted by Crippen LogP contribution is 2.39. The lowest BCUT2D eigenvalue weighted by Crippen LogP contribution is -2.40. The Labute approximate surface area is 92.1 Å². The van der Waals surface area contributed by atoms with Crippen molar-refractivity contribution < 1.29 is 0 Å². The van der Waals surface area contributed by atoms with Gasteiger partial charge in [-0.2, -0.15) is 0 Å². The number of pyridine rings is 1. The van der Waals surface area contributed by atoms with Crippen molar-refractivity contribution in [3.63, 3.8) is 0 Å². The van der Waals surface area contributed by atoms with Crippen LogP contribution in [0.3, 0.4) is 0 Å². The maximum atomic E-state index is 4.21. The SMILES string of the molecule is Cc1cncc(CNC(C)(C)C2CC2)c1. The molecule has 0 aliphatic heterocycles. The van der Waals surface area contributed by atoms with Crippen molar-refractivity contribution in [2.24, 2.45) is 5.92 Å². The van der Waals surface area contributed by atoms with E-state index >= 15 is 0 Å². The molecule has 2 heteroatoms. The predicted octanol–water partition coefficient (Wildman–Crippen LogP) is 2.67. The standard InChI is InChI=1S/C13H20N2/c1-10-6-11(8-14-7-10)9-15-13(2,3)12-4-5-12/h6-8,12,15H,4-5,9H2,1-3H3. The molecule has 15 heavy (non-hydrogen) atoms. The maximum Gasteiger partial charge on any atom is 0.0313 e. The fourth-order valence-corrected chi connectivity index (χ4v) is 1.99. The van der Waals surface area contributed by atoms with Crippen molar-refractivity contribution in [1.29, 1.82) is 0 Å². The summed E-state index contributed by atoms with van der Waals surface area (Å²) in [4.78, 5) is 4.21. The van der Waals surface area contributed by atoms with Crippen molar-refractivity contribution in [2.75, 3.05) is 0 Å². The number of aromatic nitrogens is 1. The Morgan fingerprint density at radius 1 is 1.40 bits per heavy atom. The molecule has 1 aromatic rings. The van der Waals surface area contributed by atoms with E-state index in [1.165, 1.54) is 24.0 Å². The van der Waals surface area contributed by atoms with Crippen LogP contribution in [0.25, 0.3) is 0 Å². The van der Waals surface area contributed by atoms with Gasteiger partial charge in [0.25, 0.3) is 0 Å². The first-order valence-corrected chi connectivity index (χ1v) is 5.73. The van der Waals surface area contributed by atoms with Crippen LogP contribution in [0.4, 0.5) is 0 Å². The Kier molecular flexibility index (Phi) is 2.79. The normalized spacial score (nSPS) is 16.7. The zero-order valence-corrected chi connectivity index (χ0v) is 9.88. The summed E-state index contributed by atoms with van der Waals surface area (Å²) in [5.74, 6) is 0.871. The third-order valence-electron chi connectivity index (χ3n) is 3.28. The fraction of sp³-hybridized carbons (Fsp3) is 0.615. The van der Waals surface area contributed by atoms with Crippen LogP contribution in [0.2, 0.25) is 0 Å². The number of nitrogens with one attached hydrogen (secondary N) is 1. The fourth-order valence-electron chi connectivity index (χ4n) is 1.99. The minimum atomic E-state index is 0.281. The molecule has 2 nitrogen and oxygen atoms in total. The van der Waals surface area contributed by atoms with Crippen molar-refractivity contribution in [3.05, 3.63) is 29.6 Å². The Morgan fingerprint density at radius 3 is 2.73 bits per heavy atom. The molecular formula is C13H20N2. The van der Waals surface area contributed by atoms with Gasteiger partial charge in [0.05, 0.1) is 0 Å².